The van der Waals surface area contributed by atoms with Crippen LogP contribution in [0.2, 0.25) is 10.0 Å². The number of hydrogen-bond acceptors (Lipinski definition) is 5. The number of likely N-dealkylation sites (tertiary alicyclic amines) is 1. The molecule has 0 aliphatic carbocycles. The number of ether oxygens (including phenoxy) is 1. The summed E-state index contributed by atoms with van der Waals surface area (Å²) in [6, 6.07) is 12.7. The summed E-state index contributed by atoms with van der Waals surface area (Å²) in [6.07, 6.45) is 3.90. The summed E-state index contributed by atoms with van der Waals surface area (Å²) < 4.78 is 7.53. The molecule has 0 atom stereocenters. The average molecular weight is 460 g/mol. The molecule has 162 valence electrons. The molecule has 0 bridgehead atoms. The van der Waals surface area contributed by atoms with E-state index in [1.165, 1.54) is 4.68 Å². The van der Waals surface area contributed by atoms with Gasteiger partial charge in [0.2, 0.25) is 0 Å². The van der Waals surface area contributed by atoms with Crippen LogP contribution in [0.5, 0.6) is 5.75 Å². The predicted molar refractivity (Wildman–Crippen MR) is 123 cm³/mol. The van der Waals surface area contributed by atoms with Crippen LogP contribution in [0.15, 0.2) is 48.7 Å². The quantitative estimate of drug-likeness (QED) is 0.566. The zero-order valence-corrected chi connectivity index (χ0v) is 18.5. The number of anilines is 2. The number of nitrogens with one attached hydrogen (secondary N) is 1. The van der Waals surface area contributed by atoms with Crippen LogP contribution in [0.4, 0.5) is 11.4 Å². The normalized spacial score (nSPS) is 15.1. The van der Waals surface area contributed by atoms with Crippen molar-refractivity contribution < 1.29 is 9.53 Å². The molecule has 2 heterocycles. The Morgan fingerprint density at radius 3 is 2.39 bits per heavy atom. The van der Waals surface area contributed by atoms with Gasteiger partial charge in [-0.3, -0.25) is 4.79 Å². The van der Waals surface area contributed by atoms with Crippen molar-refractivity contribution in [1.29, 1.82) is 0 Å². The number of hydrogen-bond donors (Lipinski definition) is 2. The highest BCUT2D eigenvalue weighted by Crippen LogP contribution is 2.31. The summed E-state index contributed by atoms with van der Waals surface area (Å²) in [4.78, 5) is 14.2. The van der Waals surface area contributed by atoms with E-state index in [-0.39, 0.29) is 11.8 Å². The third kappa shape index (κ3) is 4.95. The van der Waals surface area contributed by atoms with E-state index in [1.54, 1.807) is 24.4 Å². The molecule has 4 rings (SSSR count). The monoisotopic (exact) mass is 459 g/mol. The average Bonchev–Trinajstić information content (AvgIpc) is 3.14. The molecule has 0 unspecified atom stereocenters. The fraction of sp³-hybridized carbons (Fsp3) is 0.273. The molecule has 9 heteroatoms. The molecule has 0 saturated carbocycles. The van der Waals surface area contributed by atoms with Crippen molar-refractivity contribution in [1.82, 2.24) is 14.7 Å². The van der Waals surface area contributed by atoms with E-state index in [4.69, 9.17) is 33.7 Å². The first-order valence-corrected chi connectivity index (χ1v) is 10.7. The van der Waals surface area contributed by atoms with E-state index in [0.29, 0.717) is 21.4 Å². The maximum absolute atomic E-state index is 11.9. The molecule has 7 nitrogen and oxygen atoms in total. The number of halogens is 2. The second-order valence-corrected chi connectivity index (χ2v) is 8.35. The van der Waals surface area contributed by atoms with Crippen molar-refractivity contribution in [3.05, 3.63) is 64.4 Å². The molecule has 0 spiro atoms. The van der Waals surface area contributed by atoms with Crippen molar-refractivity contribution >= 4 is 40.5 Å². The maximum Gasteiger partial charge on any atom is 0.271 e. The van der Waals surface area contributed by atoms with Crippen LogP contribution in [0.25, 0.3) is 5.69 Å². The summed E-state index contributed by atoms with van der Waals surface area (Å²) in [6.45, 7) is 2.08. The fourth-order valence-electron chi connectivity index (χ4n) is 3.54. The van der Waals surface area contributed by atoms with Crippen LogP contribution in [0, 0.1) is 0 Å². The van der Waals surface area contributed by atoms with E-state index < -0.39 is 5.91 Å². The van der Waals surface area contributed by atoms with E-state index >= 15 is 0 Å². The minimum Gasteiger partial charge on any atom is -0.490 e. The molecule has 1 aliphatic heterocycles. The number of primary amides is 1. The lowest BCUT2D eigenvalue weighted by Crippen LogP contribution is -2.35. The number of benzene rings is 2. The number of para-hydroxylation sites is 1. The summed E-state index contributed by atoms with van der Waals surface area (Å²) in [7, 11) is 2.12. The van der Waals surface area contributed by atoms with E-state index in [0.717, 1.165) is 37.4 Å². The van der Waals surface area contributed by atoms with Crippen LogP contribution >= 0.6 is 23.2 Å². The van der Waals surface area contributed by atoms with Crippen molar-refractivity contribution in [3.63, 3.8) is 0 Å². The Morgan fingerprint density at radius 2 is 1.77 bits per heavy atom. The van der Waals surface area contributed by atoms with Gasteiger partial charge in [-0.25, -0.2) is 4.68 Å². The summed E-state index contributed by atoms with van der Waals surface area (Å²) in [5.74, 6) is 0.153. The number of carbonyl (C=O) groups excluding carboxylic acids is 1. The van der Waals surface area contributed by atoms with Gasteiger partial charge in [0.25, 0.3) is 5.91 Å². The fourth-order valence-corrected chi connectivity index (χ4v) is 4.11. The first kappa shape index (κ1) is 21.5. The molecular weight excluding hydrogens is 437 g/mol. The van der Waals surface area contributed by atoms with Crippen LogP contribution in [-0.4, -0.2) is 46.8 Å². The van der Waals surface area contributed by atoms with Gasteiger partial charge in [-0.2, -0.15) is 5.10 Å². The number of nitrogens with two attached hydrogens (primary N) is 1. The number of rotatable bonds is 6. The largest absolute Gasteiger partial charge is 0.490 e. The minimum atomic E-state index is -0.661. The Morgan fingerprint density at radius 1 is 1.13 bits per heavy atom. The lowest BCUT2D eigenvalue weighted by atomic mass is 10.1. The van der Waals surface area contributed by atoms with Gasteiger partial charge in [0.1, 0.15) is 17.5 Å². The molecule has 1 aliphatic rings. The van der Waals surface area contributed by atoms with Crippen LogP contribution in [-0.2, 0) is 0 Å². The van der Waals surface area contributed by atoms with Crippen molar-refractivity contribution in [3.8, 4) is 11.4 Å². The Labute approximate surface area is 190 Å². The molecule has 1 saturated heterocycles. The molecule has 0 radical (unpaired) electrons. The van der Waals surface area contributed by atoms with Gasteiger partial charge in [0, 0.05) is 18.8 Å². The van der Waals surface area contributed by atoms with Crippen LogP contribution < -0.4 is 15.8 Å². The van der Waals surface area contributed by atoms with Gasteiger partial charge in [-0.1, -0.05) is 29.3 Å². The predicted octanol–water partition coefficient (Wildman–Crippen LogP) is 4.49. The molecule has 31 heavy (non-hydrogen) atoms. The Balaban J connectivity index is 1.52. The number of nitrogens with zero attached hydrogens (tertiary/aromatic N) is 3. The number of amides is 1. The first-order chi connectivity index (χ1) is 14.9. The highest BCUT2D eigenvalue weighted by atomic mass is 35.5. The molecular formula is C22H23Cl2N5O2. The lowest BCUT2D eigenvalue weighted by Gasteiger charge is -2.29. The smallest absolute Gasteiger partial charge is 0.271 e. The summed E-state index contributed by atoms with van der Waals surface area (Å²) >= 11 is 12.5. The van der Waals surface area contributed by atoms with Crippen molar-refractivity contribution in [2.75, 3.05) is 25.5 Å². The Bertz CT molecular complexity index is 1060. The molecule has 1 amide bonds. The molecule has 3 aromatic rings. The van der Waals surface area contributed by atoms with Crippen molar-refractivity contribution in [2.24, 2.45) is 5.73 Å². The van der Waals surface area contributed by atoms with Crippen LogP contribution in [0.1, 0.15) is 23.3 Å². The standard InChI is InChI=1S/C22H23Cl2N5O2/c1-28-11-9-16(10-12-28)31-15-7-5-14(6-8-15)26-19-13-29(27-20(19)22(25)30)21-17(23)3-2-4-18(21)24/h2-8,13,16,26H,9-12H2,1H3,(H2,25,30). The number of aromatic nitrogens is 2. The van der Waals surface area contributed by atoms with Gasteiger partial charge >= 0.3 is 0 Å². The maximum atomic E-state index is 11.9. The van der Waals surface area contributed by atoms with Gasteiger partial charge in [-0.05, 0) is 56.3 Å². The Hall–Kier alpha value is -2.74. The summed E-state index contributed by atoms with van der Waals surface area (Å²) in [5, 5.41) is 8.29. The molecule has 2 aromatic carbocycles. The highest BCUT2D eigenvalue weighted by molar-refractivity contribution is 6.37. The van der Waals surface area contributed by atoms with E-state index in [2.05, 4.69) is 22.4 Å². The summed E-state index contributed by atoms with van der Waals surface area (Å²) in [5.41, 5.74) is 7.31. The second-order valence-electron chi connectivity index (χ2n) is 7.54. The first-order valence-electron chi connectivity index (χ1n) is 9.97. The SMILES string of the molecule is CN1CCC(Oc2ccc(Nc3cn(-c4c(Cl)cccc4Cl)nc3C(N)=O)cc2)CC1. The second kappa shape index (κ2) is 9.18. The van der Waals surface area contributed by atoms with Gasteiger partial charge < -0.3 is 20.7 Å². The zero-order valence-electron chi connectivity index (χ0n) is 17.0. The minimum absolute atomic E-state index is 0.0858. The number of piperidine rings is 1. The molecule has 3 N–H and O–H groups in total. The lowest BCUT2D eigenvalue weighted by molar-refractivity contribution is 0.0996. The molecule has 1 aromatic heterocycles. The molecule has 1 fully saturated rings. The zero-order chi connectivity index (χ0) is 22.0. The van der Waals surface area contributed by atoms with Gasteiger partial charge in [-0.15, -0.1) is 0 Å². The van der Waals surface area contributed by atoms with Gasteiger partial charge in [0.15, 0.2) is 5.69 Å². The number of carbonyl (C=O) groups is 1. The van der Waals surface area contributed by atoms with E-state index in [1.807, 2.05) is 24.3 Å². The third-order valence-corrected chi connectivity index (χ3v) is 5.83. The highest BCUT2D eigenvalue weighted by Gasteiger charge is 2.19. The van der Waals surface area contributed by atoms with Gasteiger partial charge in [0.05, 0.1) is 21.9 Å². The topological polar surface area (TPSA) is 85.4 Å². The van der Waals surface area contributed by atoms with E-state index in [9.17, 15) is 4.79 Å². The van der Waals surface area contributed by atoms with Crippen molar-refractivity contribution in [2.45, 2.75) is 18.9 Å². The van der Waals surface area contributed by atoms with Crippen LogP contribution in [0.3, 0.4) is 0 Å². The third-order valence-electron chi connectivity index (χ3n) is 5.22. The Kier molecular flexibility index (Phi) is 6.36.